The van der Waals surface area contributed by atoms with E-state index < -0.39 is 0 Å². The average molecular weight is 299 g/mol. The van der Waals surface area contributed by atoms with Gasteiger partial charge in [0.2, 0.25) is 0 Å². The van der Waals surface area contributed by atoms with Gasteiger partial charge in [-0.2, -0.15) is 0 Å². The number of thiazole rings is 1. The number of hydrogen-bond donors (Lipinski definition) is 1. The molecule has 2 rings (SSSR count). The van der Waals surface area contributed by atoms with E-state index in [0.29, 0.717) is 11.6 Å². The number of aromatic nitrogens is 1. The van der Waals surface area contributed by atoms with E-state index in [-0.39, 0.29) is 11.2 Å². The van der Waals surface area contributed by atoms with E-state index in [0.717, 1.165) is 16.4 Å². The molecule has 0 bridgehead atoms. The Balaban J connectivity index is 2.04. The van der Waals surface area contributed by atoms with Gasteiger partial charge in [0.1, 0.15) is 10.8 Å². The minimum atomic E-state index is -0.334. The third-order valence-electron chi connectivity index (χ3n) is 2.68. The van der Waals surface area contributed by atoms with Crippen molar-refractivity contribution < 1.29 is 4.39 Å². The molecule has 0 atom stereocenters. The zero-order chi connectivity index (χ0) is 14.0. The molecule has 1 aromatic carbocycles. The number of rotatable bonds is 3. The fraction of sp³-hybridized carbons (Fsp3) is 0.357. The van der Waals surface area contributed by atoms with Crippen LogP contribution in [0.2, 0.25) is 5.02 Å². The van der Waals surface area contributed by atoms with Crippen LogP contribution in [0.5, 0.6) is 0 Å². The van der Waals surface area contributed by atoms with Crippen LogP contribution < -0.4 is 5.32 Å². The minimum Gasteiger partial charge on any atom is -0.377 e. The van der Waals surface area contributed by atoms with Gasteiger partial charge < -0.3 is 5.32 Å². The summed E-state index contributed by atoms with van der Waals surface area (Å²) in [6, 6.07) is 4.32. The van der Waals surface area contributed by atoms with Crippen LogP contribution >= 0.6 is 22.9 Å². The fourth-order valence-electron chi connectivity index (χ4n) is 1.54. The van der Waals surface area contributed by atoms with Gasteiger partial charge in [0.15, 0.2) is 0 Å². The molecule has 0 saturated heterocycles. The quantitative estimate of drug-likeness (QED) is 0.876. The van der Waals surface area contributed by atoms with Gasteiger partial charge in [-0.25, -0.2) is 9.37 Å². The Kier molecular flexibility index (Phi) is 4.11. The van der Waals surface area contributed by atoms with Crippen molar-refractivity contribution >= 4 is 28.6 Å². The first-order chi connectivity index (χ1) is 8.86. The van der Waals surface area contributed by atoms with E-state index >= 15 is 0 Å². The number of benzene rings is 1. The normalized spacial score (nSPS) is 11.6. The van der Waals surface area contributed by atoms with Gasteiger partial charge in [-0.05, 0) is 18.2 Å². The van der Waals surface area contributed by atoms with E-state index in [2.05, 4.69) is 36.5 Å². The van der Waals surface area contributed by atoms with E-state index in [4.69, 9.17) is 11.6 Å². The van der Waals surface area contributed by atoms with Gasteiger partial charge in [0, 0.05) is 10.8 Å². The van der Waals surface area contributed by atoms with Crippen molar-refractivity contribution in [1.29, 1.82) is 0 Å². The molecule has 1 heterocycles. The topological polar surface area (TPSA) is 24.9 Å². The Morgan fingerprint density at radius 3 is 2.68 bits per heavy atom. The first-order valence-corrected chi connectivity index (χ1v) is 7.26. The van der Waals surface area contributed by atoms with Crippen molar-refractivity contribution in [2.24, 2.45) is 0 Å². The Bertz CT molecular complexity index is 575. The van der Waals surface area contributed by atoms with Crippen molar-refractivity contribution in [3.63, 3.8) is 0 Å². The Morgan fingerprint density at radius 1 is 1.37 bits per heavy atom. The smallest absolute Gasteiger partial charge is 0.124 e. The van der Waals surface area contributed by atoms with Crippen LogP contribution in [-0.2, 0) is 12.0 Å². The lowest BCUT2D eigenvalue weighted by molar-refractivity contribution is 0.571. The molecule has 0 amide bonds. The second-order valence-electron chi connectivity index (χ2n) is 5.35. The van der Waals surface area contributed by atoms with Crippen molar-refractivity contribution in [2.45, 2.75) is 32.7 Å². The zero-order valence-corrected chi connectivity index (χ0v) is 12.7. The molecule has 0 saturated carbocycles. The number of anilines is 1. The van der Waals surface area contributed by atoms with Gasteiger partial charge in [0.05, 0.1) is 22.9 Å². The third kappa shape index (κ3) is 3.67. The summed E-state index contributed by atoms with van der Waals surface area (Å²) in [7, 11) is 0. The molecular weight excluding hydrogens is 283 g/mol. The van der Waals surface area contributed by atoms with E-state index in [1.165, 1.54) is 12.1 Å². The van der Waals surface area contributed by atoms with Crippen molar-refractivity contribution in [2.75, 3.05) is 5.32 Å². The van der Waals surface area contributed by atoms with Gasteiger partial charge in [-0.1, -0.05) is 32.4 Å². The van der Waals surface area contributed by atoms with Crippen LogP contribution in [0.3, 0.4) is 0 Å². The first kappa shape index (κ1) is 14.3. The standard InChI is InChI=1S/C14H16ClFN2S/c1-14(2,3)12-8-19-13(18-12)7-17-11-5-4-9(16)6-10(11)15/h4-6,8,17H,7H2,1-3H3. The highest BCUT2D eigenvalue weighted by Crippen LogP contribution is 2.26. The SMILES string of the molecule is CC(C)(C)c1csc(CNc2ccc(F)cc2Cl)n1. The second kappa shape index (κ2) is 5.47. The number of nitrogens with zero attached hydrogens (tertiary/aromatic N) is 1. The molecule has 0 radical (unpaired) electrons. The summed E-state index contributed by atoms with van der Waals surface area (Å²) < 4.78 is 12.9. The fourth-order valence-corrected chi connectivity index (χ4v) is 2.73. The van der Waals surface area contributed by atoms with E-state index in [1.54, 1.807) is 17.4 Å². The molecule has 0 aliphatic heterocycles. The highest BCUT2D eigenvalue weighted by atomic mass is 35.5. The molecule has 2 aromatic rings. The van der Waals surface area contributed by atoms with Crippen LogP contribution in [0.1, 0.15) is 31.5 Å². The molecular formula is C14H16ClFN2S. The van der Waals surface area contributed by atoms with Crippen molar-refractivity contribution in [3.8, 4) is 0 Å². The number of halogens is 2. The molecule has 5 heteroatoms. The molecule has 0 aliphatic carbocycles. The Hall–Kier alpha value is -1.13. The maximum absolute atomic E-state index is 12.9. The monoisotopic (exact) mass is 298 g/mol. The van der Waals surface area contributed by atoms with E-state index in [1.807, 2.05) is 0 Å². The lowest BCUT2D eigenvalue weighted by Gasteiger charge is -2.14. The molecule has 1 aromatic heterocycles. The van der Waals surface area contributed by atoms with Crippen LogP contribution in [0, 0.1) is 5.82 Å². The summed E-state index contributed by atoms with van der Waals surface area (Å²) in [4.78, 5) is 4.58. The zero-order valence-electron chi connectivity index (χ0n) is 11.1. The highest BCUT2D eigenvalue weighted by molar-refractivity contribution is 7.09. The largest absolute Gasteiger partial charge is 0.377 e. The summed E-state index contributed by atoms with van der Waals surface area (Å²) in [6.45, 7) is 6.99. The summed E-state index contributed by atoms with van der Waals surface area (Å²) >= 11 is 7.57. The van der Waals surface area contributed by atoms with Gasteiger partial charge in [-0.15, -0.1) is 11.3 Å². The molecule has 0 spiro atoms. The lowest BCUT2D eigenvalue weighted by atomic mass is 9.93. The second-order valence-corrected chi connectivity index (χ2v) is 6.70. The van der Waals surface area contributed by atoms with E-state index in [9.17, 15) is 4.39 Å². The molecule has 19 heavy (non-hydrogen) atoms. The molecule has 2 nitrogen and oxygen atoms in total. The summed E-state index contributed by atoms with van der Waals surface area (Å²) in [5.74, 6) is -0.334. The Morgan fingerprint density at radius 2 is 2.11 bits per heavy atom. The van der Waals surface area contributed by atoms with Crippen molar-refractivity contribution in [1.82, 2.24) is 4.98 Å². The van der Waals surface area contributed by atoms with Gasteiger partial charge in [0.25, 0.3) is 0 Å². The van der Waals surface area contributed by atoms with Crippen LogP contribution in [-0.4, -0.2) is 4.98 Å². The molecule has 0 fully saturated rings. The summed E-state index contributed by atoms with van der Waals surface area (Å²) in [6.07, 6.45) is 0. The van der Waals surface area contributed by atoms with Crippen molar-refractivity contribution in [3.05, 3.63) is 45.1 Å². The molecule has 0 unspecified atom stereocenters. The molecule has 1 N–H and O–H groups in total. The number of hydrogen-bond acceptors (Lipinski definition) is 3. The average Bonchev–Trinajstić information content (AvgIpc) is 2.76. The molecule has 0 aliphatic rings. The van der Waals surface area contributed by atoms with Gasteiger partial charge >= 0.3 is 0 Å². The summed E-state index contributed by atoms with van der Waals surface area (Å²) in [5.41, 5.74) is 1.86. The molecule has 102 valence electrons. The van der Waals surface area contributed by atoms with Crippen LogP contribution in [0.15, 0.2) is 23.6 Å². The third-order valence-corrected chi connectivity index (χ3v) is 3.84. The van der Waals surface area contributed by atoms with Crippen LogP contribution in [0.4, 0.5) is 10.1 Å². The highest BCUT2D eigenvalue weighted by Gasteiger charge is 2.17. The predicted molar refractivity (Wildman–Crippen MR) is 79.6 cm³/mol. The maximum atomic E-state index is 12.9. The number of nitrogens with one attached hydrogen (secondary N) is 1. The van der Waals surface area contributed by atoms with Gasteiger partial charge in [-0.3, -0.25) is 0 Å². The van der Waals surface area contributed by atoms with Crippen LogP contribution in [0.25, 0.3) is 0 Å². The maximum Gasteiger partial charge on any atom is 0.124 e. The summed E-state index contributed by atoms with van der Waals surface area (Å²) in [5, 5.41) is 6.62. The lowest BCUT2D eigenvalue weighted by Crippen LogP contribution is -2.11. The predicted octanol–water partition coefficient (Wildman–Crippen LogP) is 4.85. The first-order valence-electron chi connectivity index (χ1n) is 6.00. The minimum absolute atomic E-state index is 0.0578. The Labute approximate surface area is 121 Å².